The lowest BCUT2D eigenvalue weighted by Crippen LogP contribution is -2.08. The van der Waals surface area contributed by atoms with Crippen LogP contribution in [0.25, 0.3) is 203 Å². The Hall–Kier alpha value is -16.0. The van der Waals surface area contributed by atoms with Crippen LogP contribution in [-0.2, 0) is 6.18 Å². The summed E-state index contributed by atoms with van der Waals surface area (Å²) < 4.78 is 52.2. The van der Waals surface area contributed by atoms with Crippen molar-refractivity contribution in [2.24, 2.45) is 0 Å². The summed E-state index contributed by atoms with van der Waals surface area (Å²) >= 11 is 0. The first-order chi connectivity index (χ1) is 57.0. The summed E-state index contributed by atoms with van der Waals surface area (Å²) in [5.41, 5.74) is 12.2. The van der Waals surface area contributed by atoms with E-state index in [4.69, 9.17) is 59.8 Å². The van der Waals surface area contributed by atoms with Gasteiger partial charge in [-0.2, -0.15) is 18.4 Å². The Kier molecular flexibility index (Phi) is 17.3. The molecule has 0 saturated carbocycles. The van der Waals surface area contributed by atoms with Gasteiger partial charge in [0.05, 0.1) is 50.6 Å². The fraction of sp³-hybridized carbons (Fsp3) is 0.0102. The first-order valence-electron chi connectivity index (χ1n) is 37.5. The Morgan fingerprint density at radius 1 is 0.216 bits per heavy atom. The number of halogens is 3. The van der Waals surface area contributed by atoms with Gasteiger partial charge in [-0.05, 0) is 103 Å². The molecule has 0 spiro atoms. The van der Waals surface area contributed by atoms with E-state index >= 15 is 13.2 Å². The molecule has 15 nitrogen and oxygen atoms in total. The van der Waals surface area contributed by atoms with Crippen molar-refractivity contribution in [2.75, 3.05) is 0 Å². The molecule has 0 N–H and O–H groups in total. The van der Waals surface area contributed by atoms with E-state index in [1.807, 2.05) is 325 Å². The molecule has 18 heteroatoms. The lowest BCUT2D eigenvalue weighted by atomic mass is 9.97. The minimum absolute atomic E-state index is 0.198. The number of nitrogens with zero attached hydrogens (tertiary/aromatic N) is 15. The number of aromatic nitrogens is 14. The number of hydrogen-bond acceptors (Lipinski definition) is 13. The Morgan fingerprint density at radius 3 is 0.681 bits per heavy atom. The van der Waals surface area contributed by atoms with Crippen LogP contribution < -0.4 is 0 Å². The van der Waals surface area contributed by atoms with Gasteiger partial charge in [-0.25, -0.2) is 59.8 Å². The van der Waals surface area contributed by atoms with Crippen LogP contribution in [0.1, 0.15) is 11.1 Å². The summed E-state index contributed by atoms with van der Waals surface area (Å²) in [6, 6.07) is 113. The summed E-state index contributed by atoms with van der Waals surface area (Å²) in [6.45, 7) is 0. The zero-order valence-electron chi connectivity index (χ0n) is 61.3. The van der Waals surface area contributed by atoms with Crippen molar-refractivity contribution in [2.45, 2.75) is 6.18 Å². The van der Waals surface area contributed by atoms with Crippen LogP contribution in [0.5, 0.6) is 0 Å². The van der Waals surface area contributed by atoms with E-state index in [0.717, 1.165) is 50.6 Å². The smallest absolute Gasteiger partial charge is 0.309 e. The number of rotatable bonds is 15. The predicted molar refractivity (Wildman–Crippen MR) is 449 cm³/mol. The highest BCUT2D eigenvalue weighted by Gasteiger charge is 2.33. The van der Waals surface area contributed by atoms with Crippen LogP contribution in [0.4, 0.5) is 13.2 Å². The van der Waals surface area contributed by atoms with E-state index in [-0.39, 0.29) is 11.1 Å². The standard InChI is InChI=1S/C98H58F3N15/c99-98(100,101)73-46-52-84(115-80-48-42-69(94-107-86(61-25-9-1-10-26-61)103-87(108-94)62-27-11-2-12-28-62)54-75(80)76-55-70(43-49-81(76)115)95-109-88(63-29-13-3-14-30-63)104-89(110-95)64-31-15-4-16-32-64)79(58-73)74-47-41-60(59-102)53-85(74)116-82-50-44-71(96-111-90(65-33-17-5-18-34-65)105-91(112-96)66-35-19-6-20-36-66)56-77(82)78-57-72(45-51-83(78)116)97-113-92(67-37-21-7-22-38-67)106-93(114-97)68-39-23-8-24-40-68/h1-58H. The fourth-order valence-electron chi connectivity index (χ4n) is 15.0. The number of benzene rings is 14. The second-order valence-electron chi connectivity index (χ2n) is 27.8. The minimum atomic E-state index is -4.82. The maximum atomic E-state index is 16.1. The van der Waals surface area contributed by atoms with Crippen LogP contribution in [0, 0.1) is 11.3 Å². The second-order valence-corrected chi connectivity index (χ2v) is 27.8. The molecular weight excluding hydrogens is 1440 g/mol. The van der Waals surface area contributed by atoms with Crippen LogP contribution in [0.3, 0.4) is 0 Å². The van der Waals surface area contributed by atoms with Gasteiger partial charge in [-0.3, -0.25) is 0 Å². The van der Waals surface area contributed by atoms with Crippen molar-refractivity contribution in [3.05, 3.63) is 363 Å². The van der Waals surface area contributed by atoms with Gasteiger partial charge < -0.3 is 9.13 Å². The van der Waals surface area contributed by atoms with Crippen molar-refractivity contribution >= 4 is 43.6 Å². The highest BCUT2D eigenvalue weighted by Crippen LogP contribution is 2.46. The monoisotopic (exact) mass is 1500 g/mol. The van der Waals surface area contributed by atoms with Gasteiger partial charge in [-0.1, -0.05) is 249 Å². The van der Waals surface area contributed by atoms with Crippen LogP contribution >= 0.6 is 0 Å². The lowest BCUT2D eigenvalue weighted by Gasteiger charge is -2.20. The normalized spacial score (nSPS) is 11.6. The Bertz CT molecular complexity index is 6640. The molecule has 0 fully saturated rings. The molecule has 0 aliphatic carbocycles. The van der Waals surface area contributed by atoms with Crippen molar-refractivity contribution in [3.8, 4) is 165 Å². The molecule has 0 aliphatic heterocycles. The zero-order chi connectivity index (χ0) is 77.8. The molecule has 0 bridgehead atoms. The molecule has 6 aromatic heterocycles. The molecule has 0 atom stereocenters. The molecule has 14 aromatic carbocycles. The first kappa shape index (κ1) is 69.2. The van der Waals surface area contributed by atoms with Crippen molar-refractivity contribution in [1.82, 2.24) is 68.9 Å². The van der Waals surface area contributed by atoms with Crippen molar-refractivity contribution in [1.29, 1.82) is 5.26 Å². The number of nitriles is 1. The lowest BCUT2D eigenvalue weighted by molar-refractivity contribution is -0.137. The Morgan fingerprint density at radius 2 is 0.448 bits per heavy atom. The van der Waals surface area contributed by atoms with E-state index < -0.39 is 11.7 Å². The third-order valence-corrected chi connectivity index (χ3v) is 20.6. The molecule has 20 rings (SSSR count). The predicted octanol–water partition coefficient (Wildman–Crippen LogP) is 23.2. The topological polar surface area (TPSA) is 188 Å². The van der Waals surface area contributed by atoms with Crippen molar-refractivity contribution < 1.29 is 13.2 Å². The van der Waals surface area contributed by atoms with Gasteiger partial charge in [0.1, 0.15) is 0 Å². The molecule has 20 aromatic rings. The molecule has 6 heterocycles. The molecule has 0 unspecified atom stereocenters. The van der Waals surface area contributed by atoms with Gasteiger partial charge in [0, 0.05) is 99.4 Å². The molecule has 0 radical (unpaired) electrons. The average molecular weight is 1500 g/mol. The Labute approximate surface area is 661 Å². The largest absolute Gasteiger partial charge is 0.416 e. The van der Waals surface area contributed by atoms with Gasteiger partial charge in [0.25, 0.3) is 0 Å². The van der Waals surface area contributed by atoms with Gasteiger partial charge in [0.15, 0.2) is 69.9 Å². The first-order valence-corrected chi connectivity index (χ1v) is 37.5. The molecular formula is C98H58F3N15. The van der Waals surface area contributed by atoms with E-state index in [9.17, 15) is 5.26 Å². The summed E-state index contributed by atoms with van der Waals surface area (Å²) in [6.07, 6.45) is -4.82. The van der Waals surface area contributed by atoms with Crippen LogP contribution in [0.2, 0.25) is 0 Å². The highest BCUT2D eigenvalue weighted by atomic mass is 19.4. The molecule has 0 amide bonds. The van der Waals surface area contributed by atoms with E-state index in [2.05, 4.69) is 6.07 Å². The maximum absolute atomic E-state index is 16.1. The van der Waals surface area contributed by atoms with Gasteiger partial charge in [0.2, 0.25) is 0 Å². The third-order valence-electron chi connectivity index (χ3n) is 20.6. The van der Waals surface area contributed by atoms with E-state index in [1.165, 1.54) is 12.1 Å². The highest BCUT2D eigenvalue weighted by molar-refractivity contribution is 6.14. The van der Waals surface area contributed by atoms with Gasteiger partial charge in [-0.15, -0.1) is 0 Å². The number of hydrogen-bond donors (Lipinski definition) is 0. The zero-order valence-corrected chi connectivity index (χ0v) is 61.3. The minimum Gasteiger partial charge on any atom is -0.309 e. The van der Waals surface area contributed by atoms with E-state index in [0.29, 0.717) is 153 Å². The summed E-state index contributed by atoms with van der Waals surface area (Å²) in [5, 5.41) is 13.9. The fourth-order valence-corrected chi connectivity index (χ4v) is 15.0. The summed E-state index contributed by atoms with van der Waals surface area (Å²) in [7, 11) is 0. The SMILES string of the molecule is N#Cc1ccc(-c2cc(C(F)(F)F)ccc2-n2c3ccc(-c4nc(-c5ccccc5)nc(-c5ccccc5)n4)cc3c3cc(-c4nc(-c5ccccc5)nc(-c5ccccc5)n4)ccc32)c(-n2c3ccc(-c4nc(-c5ccccc5)nc(-c5ccccc5)n4)cc3c3cc(-c4nc(-c5ccccc5)nc(-c5ccccc5)n4)ccc32)c1. The molecule has 0 aliphatic rings. The average Bonchev–Trinajstić information content (AvgIpc) is 1.56. The second kappa shape index (κ2) is 29.0. The van der Waals surface area contributed by atoms with Crippen LogP contribution in [0.15, 0.2) is 352 Å². The number of fused-ring (bicyclic) bond motifs is 6. The Balaban J connectivity index is 0.835. The van der Waals surface area contributed by atoms with E-state index in [1.54, 1.807) is 18.2 Å². The summed E-state index contributed by atoms with van der Waals surface area (Å²) in [5.74, 6) is 5.28. The van der Waals surface area contributed by atoms with Gasteiger partial charge >= 0.3 is 6.18 Å². The third kappa shape index (κ3) is 13.0. The summed E-state index contributed by atoms with van der Waals surface area (Å²) in [4.78, 5) is 61.4. The maximum Gasteiger partial charge on any atom is 0.416 e. The molecule has 546 valence electrons. The molecule has 0 saturated heterocycles. The number of alkyl halides is 3. The molecule has 116 heavy (non-hydrogen) atoms. The van der Waals surface area contributed by atoms with Crippen LogP contribution in [-0.4, -0.2) is 68.9 Å². The van der Waals surface area contributed by atoms with Crippen molar-refractivity contribution in [3.63, 3.8) is 0 Å². The quantitative estimate of drug-likeness (QED) is 0.0944.